The van der Waals surface area contributed by atoms with Crippen LogP contribution in [-0.4, -0.2) is 22.5 Å². The fraction of sp³-hybridized carbons (Fsp3) is 0.250. The first kappa shape index (κ1) is 15.1. The summed E-state index contributed by atoms with van der Waals surface area (Å²) in [6.07, 6.45) is 3.78. The summed E-state index contributed by atoms with van der Waals surface area (Å²) in [4.78, 5) is 15.7. The predicted octanol–water partition coefficient (Wildman–Crippen LogP) is 2.00. The number of halogens is 1. The molecule has 2 N–H and O–H groups in total. The molecule has 0 fully saturated rings. The molecule has 0 aliphatic heterocycles. The van der Waals surface area contributed by atoms with E-state index in [1.165, 1.54) is 24.3 Å². The molecule has 0 spiro atoms. The second kappa shape index (κ2) is 7.50. The summed E-state index contributed by atoms with van der Waals surface area (Å²) in [5.41, 5.74) is 1.53. The molecule has 0 saturated carbocycles. The van der Waals surface area contributed by atoms with Gasteiger partial charge in [0.05, 0.1) is 0 Å². The number of nitrogens with zero attached hydrogens (tertiary/aromatic N) is 1. The van der Waals surface area contributed by atoms with Gasteiger partial charge in [-0.1, -0.05) is 12.1 Å². The van der Waals surface area contributed by atoms with E-state index in [0.717, 1.165) is 18.4 Å². The van der Waals surface area contributed by atoms with Crippen molar-refractivity contribution in [3.8, 4) is 0 Å². The predicted molar refractivity (Wildman–Crippen MR) is 76.9 cm³/mol. The van der Waals surface area contributed by atoms with Crippen LogP contribution in [0.5, 0.6) is 0 Å². The zero-order valence-corrected chi connectivity index (χ0v) is 11.5. The number of aliphatic hydroxyl groups excluding tert-OH is 1. The lowest BCUT2D eigenvalue weighted by atomic mass is 10.1. The highest BCUT2D eigenvalue weighted by molar-refractivity contribution is 5.81. The lowest BCUT2D eigenvalue weighted by Gasteiger charge is -2.11. The lowest BCUT2D eigenvalue weighted by Crippen LogP contribution is -2.30. The van der Waals surface area contributed by atoms with Crippen LogP contribution >= 0.6 is 0 Å². The van der Waals surface area contributed by atoms with Gasteiger partial charge >= 0.3 is 0 Å². The maximum Gasteiger partial charge on any atom is 0.253 e. The van der Waals surface area contributed by atoms with Crippen LogP contribution in [0.25, 0.3) is 0 Å². The van der Waals surface area contributed by atoms with E-state index in [4.69, 9.17) is 0 Å². The molecule has 0 bridgehead atoms. The lowest BCUT2D eigenvalue weighted by molar-refractivity contribution is -0.129. The van der Waals surface area contributed by atoms with Gasteiger partial charge in [0.2, 0.25) is 0 Å². The van der Waals surface area contributed by atoms with E-state index < -0.39 is 17.8 Å². The number of aromatic nitrogens is 1. The quantitative estimate of drug-likeness (QED) is 0.799. The van der Waals surface area contributed by atoms with Crippen molar-refractivity contribution in [2.24, 2.45) is 0 Å². The van der Waals surface area contributed by atoms with Crippen LogP contribution in [0.1, 0.15) is 23.7 Å². The molecule has 1 amide bonds. The molecule has 1 heterocycles. The minimum Gasteiger partial charge on any atom is -0.378 e. The van der Waals surface area contributed by atoms with Gasteiger partial charge in [0.25, 0.3) is 5.91 Å². The largest absolute Gasteiger partial charge is 0.378 e. The van der Waals surface area contributed by atoms with Crippen LogP contribution in [0.15, 0.2) is 48.8 Å². The average molecular weight is 288 g/mol. The number of hydrogen-bond acceptors (Lipinski definition) is 3. The molecule has 2 aromatic rings. The van der Waals surface area contributed by atoms with Crippen LogP contribution < -0.4 is 5.32 Å². The molecule has 5 heteroatoms. The highest BCUT2D eigenvalue weighted by Gasteiger charge is 2.16. The number of nitrogens with one attached hydrogen (secondary N) is 1. The van der Waals surface area contributed by atoms with E-state index in [1.54, 1.807) is 12.4 Å². The van der Waals surface area contributed by atoms with Crippen molar-refractivity contribution in [1.29, 1.82) is 0 Å². The number of rotatable bonds is 6. The highest BCUT2D eigenvalue weighted by Crippen LogP contribution is 2.13. The van der Waals surface area contributed by atoms with E-state index in [0.29, 0.717) is 12.1 Å². The molecule has 0 radical (unpaired) electrons. The molecular formula is C16H17FN2O2. The van der Waals surface area contributed by atoms with Gasteiger partial charge in [-0.25, -0.2) is 4.39 Å². The number of aliphatic hydroxyl groups is 1. The molecule has 4 nitrogen and oxygen atoms in total. The number of hydrogen-bond donors (Lipinski definition) is 2. The van der Waals surface area contributed by atoms with Crippen molar-refractivity contribution < 1.29 is 14.3 Å². The average Bonchev–Trinajstić information content (AvgIpc) is 2.52. The summed E-state index contributed by atoms with van der Waals surface area (Å²) >= 11 is 0. The van der Waals surface area contributed by atoms with Crippen LogP contribution in [-0.2, 0) is 11.2 Å². The van der Waals surface area contributed by atoms with Gasteiger partial charge in [-0.05, 0) is 48.2 Å². The number of carbonyl (C=O) groups is 1. The molecule has 0 aliphatic rings. The highest BCUT2D eigenvalue weighted by atomic mass is 19.1. The van der Waals surface area contributed by atoms with Gasteiger partial charge in [-0.15, -0.1) is 0 Å². The first-order chi connectivity index (χ1) is 10.2. The Morgan fingerprint density at radius 3 is 2.52 bits per heavy atom. The maximum atomic E-state index is 12.8. The van der Waals surface area contributed by atoms with Crippen LogP contribution in [0.3, 0.4) is 0 Å². The molecule has 1 aromatic carbocycles. The van der Waals surface area contributed by atoms with E-state index in [9.17, 15) is 14.3 Å². The molecule has 2 rings (SSSR count). The van der Waals surface area contributed by atoms with E-state index >= 15 is 0 Å². The molecule has 0 aliphatic carbocycles. The Morgan fingerprint density at radius 2 is 1.86 bits per heavy atom. The van der Waals surface area contributed by atoms with Crippen LogP contribution in [0.2, 0.25) is 0 Å². The van der Waals surface area contributed by atoms with Crippen LogP contribution in [0.4, 0.5) is 4.39 Å². The Hall–Kier alpha value is -2.27. The summed E-state index contributed by atoms with van der Waals surface area (Å²) in [5.74, 6) is -0.875. The Labute approximate surface area is 122 Å². The molecule has 1 aromatic heterocycles. The third-order valence-corrected chi connectivity index (χ3v) is 3.12. The third kappa shape index (κ3) is 4.65. The summed E-state index contributed by atoms with van der Waals surface area (Å²) in [6, 6.07) is 9.09. The first-order valence-electron chi connectivity index (χ1n) is 6.77. The van der Waals surface area contributed by atoms with Crippen molar-refractivity contribution in [3.63, 3.8) is 0 Å². The van der Waals surface area contributed by atoms with E-state index in [1.807, 2.05) is 12.1 Å². The maximum absolute atomic E-state index is 12.8. The minimum atomic E-state index is -1.27. The fourth-order valence-corrected chi connectivity index (χ4v) is 1.95. The zero-order chi connectivity index (χ0) is 15.1. The fourth-order valence-electron chi connectivity index (χ4n) is 1.95. The number of aryl methyl sites for hydroxylation is 1. The van der Waals surface area contributed by atoms with Crippen molar-refractivity contribution in [2.45, 2.75) is 18.9 Å². The summed E-state index contributed by atoms with van der Waals surface area (Å²) in [6.45, 7) is 0.472. The molecule has 21 heavy (non-hydrogen) atoms. The number of benzene rings is 1. The van der Waals surface area contributed by atoms with Crippen molar-refractivity contribution in [1.82, 2.24) is 10.3 Å². The van der Waals surface area contributed by atoms with Crippen molar-refractivity contribution in [2.75, 3.05) is 6.54 Å². The van der Waals surface area contributed by atoms with E-state index in [-0.39, 0.29) is 0 Å². The third-order valence-electron chi connectivity index (χ3n) is 3.12. The summed E-state index contributed by atoms with van der Waals surface area (Å²) in [5, 5.41) is 12.5. The minimum absolute atomic E-state index is 0.378. The summed E-state index contributed by atoms with van der Waals surface area (Å²) < 4.78 is 12.8. The molecule has 0 unspecified atom stereocenters. The summed E-state index contributed by atoms with van der Waals surface area (Å²) in [7, 11) is 0. The second-order valence-electron chi connectivity index (χ2n) is 4.70. The Balaban J connectivity index is 1.75. The Bertz CT molecular complexity index is 573. The van der Waals surface area contributed by atoms with Gasteiger partial charge in [-0.2, -0.15) is 0 Å². The zero-order valence-electron chi connectivity index (χ0n) is 11.5. The normalized spacial score (nSPS) is 11.9. The SMILES string of the molecule is O=C(NCCCc1ccncc1)[C@H](O)c1ccc(F)cc1. The first-order valence-corrected chi connectivity index (χ1v) is 6.77. The van der Waals surface area contributed by atoms with Gasteiger partial charge < -0.3 is 10.4 Å². The van der Waals surface area contributed by atoms with Gasteiger partial charge in [0.1, 0.15) is 5.82 Å². The topological polar surface area (TPSA) is 62.2 Å². The monoisotopic (exact) mass is 288 g/mol. The molecule has 110 valence electrons. The van der Waals surface area contributed by atoms with Crippen molar-refractivity contribution in [3.05, 3.63) is 65.7 Å². The van der Waals surface area contributed by atoms with Crippen molar-refractivity contribution >= 4 is 5.91 Å². The van der Waals surface area contributed by atoms with Crippen LogP contribution in [0, 0.1) is 5.82 Å². The molecular weight excluding hydrogens is 271 g/mol. The smallest absolute Gasteiger partial charge is 0.253 e. The van der Waals surface area contributed by atoms with Gasteiger partial charge in [-0.3, -0.25) is 9.78 Å². The van der Waals surface area contributed by atoms with E-state index in [2.05, 4.69) is 10.3 Å². The number of amides is 1. The standard InChI is InChI=1S/C16H17FN2O2/c17-14-5-3-13(4-6-14)15(20)16(21)19-9-1-2-12-7-10-18-11-8-12/h3-8,10-11,15,20H,1-2,9H2,(H,19,21)/t15-/m1/s1. The molecule has 1 atom stereocenters. The number of carbonyl (C=O) groups excluding carboxylic acids is 1. The second-order valence-corrected chi connectivity index (χ2v) is 4.70. The Morgan fingerprint density at radius 1 is 1.19 bits per heavy atom. The van der Waals surface area contributed by atoms with Gasteiger partial charge in [0, 0.05) is 18.9 Å². The number of pyridine rings is 1. The Kier molecular flexibility index (Phi) is 5.40. The van der Waals surface area contributed by atoms with Gasteiger partial charge in [0.15, 0.2) is 6.10 Å². The molecule has 0 saturated heterocycles.